The van der Waals surface area contributed by atoms with Crippen molar-refractivity contribution in [3.63, 3.8) is 0 Å². The number of hydrogen-bond acceptors (Lipinski definition) is 4. The number of esters is 2. The van der Waals surface area contributed by atoms with Gasteiger partial charge in [0.05, 0.1) is 19.2 Å². The third kappa shape index (κ3) is 5.09. The molecule has 0 aliphatic carbocycles. The molecule has 5 heteroatoms. The van der Waals surface area contributed by atoms with E-state index in [1.54, 1.807) is 6.92 Å². The molecule has 0 amide bonds. The van der Waals surface area contributed by atoms with E-state index in [-0.39, 0.29) is 6.61 Å². The number of carbonyl (C=O) groups is 2. The van der Waals surface area contributed by atoms with Gasteiger partial charge in [-0.3, -0.25) is 14.0 Å². The minimum absolute atomic E-state index is 0.0265. The molecule has 0 radical (unpaired) electrons. The van der Waals surface area contributed by atoms with Gasteiger partial charge >= 0.3 is 11.9 Å². The zero-order chi connectivity index (χ0) is 12.6. The summed E-state index contributed by atoms with van der Waals surface area (Å²) < 4.78 is 21.4. The molecular weight excluding hydrogens is 215 g/mol. The van der Waals surface area contributed by atoms with Crippen molar-refractivity contribution in [3.05, 3.63) is 0 Å². The first-order chi connectivity index (χ1) is 7.46. The highest BCUT2D eigenvalue weighted by molar-refractivity contribution is 5.77. The lowest BCUT2D eigenvalue weighted by atomic mass is 9.86. The molecule has 1 atom stereocenters. The average molecular weight is 234 g/mol. The van der Waals surface area contributed by atoms with Crippen molar-refractivity contribution in [1.29, 1.82) is 0 Å². The molecule has 0 aromatic rings. The van der Waals surface area contributed by atoms with Gasteiger partial charge in [0.1, 0.15) is 6.61 Å². The van der Waals surface area contributed by atoms with E-state index in [0.717, 1.165) is 0 Å². The van der Waals surface area contributed by atoms with Gasteiger partial charge in [-0.25, -0.2) is 0 Å². The van der Waals surface area contributed by atoms with Crippen molar-refractivity contribution in [1.82, 2.24) is 0 Å². The van der Waals surface area contributed by atoms with Gasteiger partial charge < -0.3 is 9.47 Å². The van der Waals surface area contributed by atoms with Crippen LogP contribution in [0.2, 0.25) is 0 Å². The number of methoxy groups -OCH3 is 1. The number of ether oxygens (including phenoxy) is 2. The fourth-order valence-corrected chi connectivity index (χ4v) is 1.35. The summed E-state index contributed by atoms with van der Waals surface area (Å²) in [7, 11) is 1.28. The molecule has 0 bridgehead atoms. The van der Waals surface area contributed by atoms with Crippen LogP contribution in [0.4, 0.5) is 4.39 Å². The van der Waals surface area contributed by atoms with E-state index in [0.29, 0.717) is 19.3 Å². The van der Waals surface area contributed by atoms with Crippen LogP contribution in [0.3, 0.4) is 0 Å². The largest absolute Gasteiger partial charge is 0.469 e. The van der Waals surface area contributed by atoms with Crippen molar-refractivity contribution < 1.29 is 23.5 Å². The maximum absolute atomic E-state index is 12.0. The normalized spacial score (nSPS) is 14.0. The quantitative estimate of drug-likeness (QED) is 0.498. The van der Waals surface area contributed by atoms with Gasteiger partial charge in [-0.05, 0) is 26.2 Å². The Bertz CT molecular complexity index is 242. The van der Waals surface area contributed by atoms with Crippen molar-refractivity contribution in [3.8, 4) is 0 Å². The smallest absolute Gasteiger partial charge is 0.314 e. The van der Waals surface area contributed by atoms with Crippen LogP contribution < -0.4 is 0 Å². The molecule has 16 heavy (non-hydrogen) atoms. The van der Waals surface area contributed by atoms with Crippen molar-refractivity contribution in [2.75, 3.05) is 20.4 Å². The van der Waals surface area contributed by atoms with Gasteiger partial charge in [0.2, 0.25) is 0 Å². The number of hydrogen-bond donors (Lipinski definition) is 0. The van der Waals surface area contributed by atoms with Gasteiger partial charge in [0.25, 0.3) is 0 Å². The molecule has 0 N–H and O–H groups in total. The summed E-state index contributed by atoms with van der Waals surface area (Å²) in [6.45, 7) is 2.49. The molecule has 0 rings (SSSR count). The first-order valence-corrected chi connectivity index (χ1v) is 5.24. The minimum Gasteiger partial charge on any atom is -0.469 e. The van der Waals surface area contributed by atoms with Gasteiger partial charge in [-0.15, -0.1) is 0 Å². The fourth-order valence-electron chi connectivity index (χ4n) is 1.35. The molecule has 1 unspecified atom stereocenters. The molecule has 0 aliphatic heterocycles. The van der Waals surface area contributed by atoms with Crippen LogP contribution >= 0.6 is 0 Å². The Hall–Kier alpha value is -1.13. The number of carbonyl (C=O) groups excluding carboxylic acids is 2. The predicted octanol–water partition coefficient (Wildman–Crippen LogP) is 1.87. The van der Waals surface area contributed by atoms with Crippen LogP contribution in [0.25, 0.3) is 0 Å². The number of rotatable bonds is 7. The van der Waals surface area contributed by atoms with Crippen molar-refractivity contribution in [2.45, 2.75) is 33.1 Å². The fraction of sp³-hybridized carbons (Fsp3) is 0.818. The summed E-state index contributed by atoms with van der Waals surface area (Å²) in [6, 6.07) is 0. The Morgan fingerprint density at radius 1 is 1.31 bits per heavy atom. The second-order valence-electron chi connectivity index (χ2n) is 3.98. The highest BCUT2D eigenvalue weighted by atomic mass is 19.1. The molecule has 0 aromatic heterocycles. The van der Waals surface area contributed by atoms with Crippen LogP contribution in [0.5, 0.6) is 0 Å². The lowest BCUT2D eigenvalue weighted by Gasteiger charge is -2.25. The van der Waals surface area contributed by atoms with Crippen LogP contribution in [0.1, 0.15) is 33.1 Å². The maximum atomic E-state index is 12.0. The van der Waals surface area contributed by atoms with Crippen LogP contribution in [0, 0.1) is 5.41 Å². The Kier molecular flexibility index (Phi) is 6.69. The van der Waals surface area contributed by atoms with Gasteiger partial charge in [-0.1, -0.05) is 0 Å². The second kappa shape index (κ2) is 7.19. The molecule has 94 valence electrons. The first kappa shape index (κ1) is 14.9. The second-order valence-corrected chi connectivity index (χ2v) is 3.98. The van der Waals surface area contributed by atoms with Crippen LogP contribution in [-0.2, 0) is 19.1 Å². The molecule has 0 spiro atoms. The third-order valence-corrected chi connectivity index (χ3v) is 2.38. The van der Waals surface area contributed by atoms with Crippen LogP contribution in [0.15, 0.2) is 0 Å². The molecule has 0 fully saturated rings. The van der Waals surface area contributed by atoms with E-state index in [2.05, 4.69) is 4.74 Å². The number of unbranched alkanes of at least 4 members (excludes halogenated alkanes) is 1. The zero-order valence-corrected chi connectivity index (χ0v) is 10.0. The molecule has 0 heterocycles. The van der Waals surface area contributed by atoms with Gasteiger partial charge in [0.15, 0.2) is 0 Å². The van der Waals surface area contributed by atoms with E-state index < -0.39 is 24.0 Å². The molecule has 0 saturated heterocycles. The predicted molar refractivity (Wildman–Crippen MR) is 56.6 cm³/mol. The summed E-state index contributed by atoms with van der Waals surface area (Å²) in [5.41, 5.74) is -0.879. The zero-order valence-electron chi connectivity index (χ0n) is 10.0. The molecule has 4 nitrogen and oxygen atoms in total. The Labute approximate surface area is 95.1 Å². The Morgan fingerprint density at radius 2 is 1.94 bits per heavy atom. The minimum atomic E-state index is -0.879. The molecule has 0 aliphatic rings. The van der Waals surface area contributed by atoms with Crippen molar-refractivity contribution in [2.24, 2.45) is 5.41 Å². The Balaban J connectivity index is 4.35. The first-order valence-electron chi connectivity index (χ1n) is 5.24. The van der Waals surface area contributed by atoms with E-state index >= 15 is 0 Å². The molecular formula is C11H19FO4. The highest BCUT2D eigenvalue weighted by Gasteiger charge is 2.35. The summed E-state index contributed by atoms with van der Waals surface area (Å²) in [5, 5.41) is 0. The summed E-state index contributed by atoms with van der Waals surface area (Å²) >= 11 is 0. The summed E-state index contributed by atoms with van der Waals surface area (Å²) in [6.07, 6.45) is 1.40. The average Bonchev–Trinajstić information content (AvgIpc) is 2.25. The van der Waals surface area contributed by atoms with E-state index in [4.69, 9.17) is 4.74 Å². The third-order valence-electron chi connectivity index (χ3n) is 2.38. The topological polar surface area (TPSA) is 52.6 Å². The molecule has 0 aromatic carbocycles. The van der Waals surface area contributed by atoms with E-state index in [1.807, 2.05) is 0 Å². The standard InChI is InChI=1S/C11H19FO4/c1-9(13)16-8-11(2,10(14)15-3)6-4-5-7-12/h4-8H2,1-3H3. The molecule has 0 saturated carbocycles. The SMILES string of the molecule is COC(=O)C(C)(CCCCF)COC(C)=O. The highest BCUT2D eigenvalue weighted by Crippen LogP contribution is 2.26. The maximum Gasteiger partial charge on any atom is 0.314 e. The lowest BCUT2D eigenvalue weighted by Crippen LogP contribution is -2.34. The lowest BCUT2D eigenvalue weighted by molar-refractivity contribution is -0.160. The van der Waals surface area contributed by atoms with Gasteiger partial charge in [-0.2, -0.15) is 0 Å². The summed E-state index contributed by atoms with van der Waals surface area (Å²) in [4.78, 5) is 22.2. The van der Waals surface area contributed by atoms with Crippen LogP contribution in [-0.4, -0.2) is 32.3 Å². The number of alkyl halides is 1. The van der Waals surface area contributed by atoms with E-state index in [1.165, 1.54) is 14.0 Å². The monoisotopic (exact) mass is 234 g/mol. The van der Waals surface area contributed by atoms with Crippen molar-refractivity contribution >= 4 is 11.9 Å². The Morgan fingerprint density at radius 3 is 2.38 bits per heavy atom. The summed E-state index contributed by atoms with van der Waals surface area (Å²) in [5.74, 6) is -0.881. The van der Waals surface area contributed by atoms with E-state index in [9.17, 15) is 14.0 Å². The number of halogens is 1. The van der Waals surface area contributed by atoms with Gasteiger partial charge in [0, 0.05) is 6.92 Å².